The minimum Gasteiger partial charge on any atom is -0.364 e. The molecule has 1 unspecified atom stereocenters. The van der Waals surface area contributed by atoms with Crippen LogP contribution in [0.4, 0.5) is 5.82 Å². The van der Waals surface area contributed by atoms with Gasteiger partial charge in [-0.2, -0.15) is 0 Å². The number of nitrogens with one attached hydrogen (secondary N) is 3. The van der Waals surface area contributed by atoms with Gasteiger partial charge in [-0.1, -0.05) is 23.7 Å². The molecule has 2 heterocycles. The number of fused-ring (bicyclic) bond motifs is 1. The van der Waals surface area contributed by atoms with Gasteiger partial charge in [0, 0.05) is 0 Å². The van der Waals surface area contributed by atoms with E-state index in [4.69, 9.17) is 11.6 Å². The molecule has 0 saturated heterocycles. The highest BCUT2D eigenvalue weighted by Gasteiger charge is 2.08. The number of hydrogen-bond donors (Lipinski definition) is 3. The number of pyridine rings is 1. The molecule has 0 radical (unpaired) electrons. The van der Waals surface area contributed by atoms with E-state index in [1.807, 2.05) is 37.3 Å². The van der Waals surface area contributed by atoms with Gasteiger partial charge in [0.2, 0.25) is 0 Å². The highest BCUT2D eigenvalue weighted by atomic mass is 35.5. The number of hydrogen-bond acceptors (Lipinski definition) is 3. The van der Waals surface area contributed by atoms with Crippen LogP contribution in [0, 0.1) is 0 Å². The largest absolute Gasteiger partial charge is 0.364 e. The molecular formula is C14H13ClN4O. The van der Waals surface area contributed by atoms with Gasteiger partial charge in [-0.05, 0) is 36.8 Å². The Kier molecular flexibility index (Phi) is 3.20. The molecule has 1 aromatic carbocycles. The molecule has 1 atom stereocenters. The molecule has 0 bridgehead atoms. The number of H-pyrrole nitrogens is 2. The van der Waals surface area contributed by atoms with Gasteiger partial charge in [0.05, 0.1) is 17.1 Å². The lowest BCUT2D eigenvalue weighted by molar-refractivity contribution is 0.876. The molecule has 0 aliphatic rings. The molecule has 20 heavy (non-hydrogen) atoms. The Hall–Kier alpha value is -2.27. The monoisotopic (exact) mass is 288 g/mol. The van der Waals surface area contributed by atoms with E-state index >= 15 is 0 Å². The van der Waals surface area contributed by atoms with Crippen molar-refractivity contribution >= 4 is 28.5 Å². The smallest absolute Gasteiger partial charge is 0.323 e. The zero-order valence-corrected chi connectivity index (χ0v) is 11.5. The molecule has 0 saturated carbocycles. The van der Waals surface area contributed by atoms with Gasteiger partial charge < -0.3 is 15.3 Å². The van der Waals surface area contributed by atoms with Crippen molar-refractivity contribution in [3.8, 4) is 0 Å². The third-order valence-corrected chi connectivity index (χ3v) is 3.33. The molecular weight excluding hydrogens is 276 g/mol. The van der Waals surface area contributed by atoms with Crippen molar-refractivity contribution in [3.05, 3.63) is 57.6 Å². The number of imidazole rings is 1. The highest BCUT2D eigenvalue weighted by molar-refractivity contribution is 6.29. The summed E-state index contributed by atoms with van der Waals surface area (Å²) < 4.78 is 0. The zero-order chi connectivity index (χ0) is 14.1. The summed E-state index contributed by atoms with van der Waals surface area (Å²) in [6.07, 6.45) is 0. The van der Waals surface area contributed by atoms with Crippen LogP contribution in [0.15, 0.2) is 41.2 Å². The lowest BCUT2D eigenvalue weighted by Crippen LogP contribution is -2.07. The third kappa shape index (κ3) is 2.53. The van der Waals surface area contributed by atoms with Gasteiger partial charge in [-0.25, -0.2) is 9.78 Å². The van der Waals surface area contributed by atoms with E-state index in [1.54, 1.807) is 6.07 Å². The van der Waals surface area contributed by atoms with Gasteiger partial charge in [0.1, 0.15) is 11.0 Å². The quantitative estimate of drug-likeness (QED) is 0.649. The number of halogens is 1. The summed E-state index contributed by atoms with van der Waals surface area (Å²) in [5, 5.41) is 3.72. The average molecular weight is 289 g/mol. The van der Waals surface area contributed by atoms with Crippen LogP contribution in [-0.2, 0) is 0 Å². The van der Waals surface area contributed by atoms with E-state index < -0.39 is 0 Å². The van der Waals surface area contributed by atoms with Crippen LogP contribution in [0.1, 0.15) is 18.5 Å². The zero-order valence-electron chi connectivity index (χ0n) is 10.8. The maximum Gasteiger partial charge on any atom is 0.323 e. The van der Waals surface area contributed by atoms with Crippen molar-refractivity contribution in [3.63, 3.8) is 0 Å². The van der Waals surface area contributed by atoms with Crippen molar-refractivity contribution < 1.29 is 0 Å². The van der Waals surface area contributed by atoms with Crippen molar-refractivity contribution in [1.82, 2.24) is 15.0 Å². The summed E-state index contributed by atoms with van der Waals surface area (Å²) in [5.74, 6) is 0.715. The molecule has 6 heteroatoms. The standard InChI is InChI=1S/C14H13ClN4O/c1-8(16-13-4-2-3-12(15)19-13)9-5-6-10-11(7-9)18-14(20)17-10/h2-8H,1H3,(H,16,19)(H2,17,18,20). The molecule has 5 nitrogen and oxygen atoms in total. The van der Waals surface area contributed by atoms with Crippen LogP contribution in [0.2, 0.25) is 5.15 Å². The first-order chi connectivity index (χ1) is 9.61. The summed E-state index contributed by atoms with van der Waals surface area (Å²) in [5.41, 5.74) is 2.44. The average Bonchev–Trinajstić information content (AvgIpc) is 2.77. The second-order valence-electron chi connectivity index (χ2n) is 4.60. The molecule has 0 aliphatic carbocycles. The van der Waals surface area contributed by atoms with E-state index in [-0.39, 0.29) is 11.7 Å². The molecule has 3 aromatic rings. The number of nitrogens with zero attached hydrogens (tertiary/aromatic N) is 1. The maximum absolute atomic E-state index is 11.2. The first-order valence-electron chi connectivity index (χ1n) is 6.23. The number of benzene rings is 1. The third-order valence-electron chi connectivity index (χ3n) is 3.12. The Labute approximate surface area is 120 Å². The maximum atomic E-state index is 11.2. The van der Waals surface area contributed by atoms with Gasteiger partial charge in [0.15, 0.2) is 0 Å². The summed E-state index contributed by atoms with van der Waals surface area (Å²) in [6.45, 7) is 2.02. The SMILES string of the molecule is CC(Nc1cccc(Cl)n1)c1ccc2[nH]c(=O)[nH]c2c1. The first kappa shape index (κ1) is 12.7. The predicted molar refractivity (Wildman–Crippen MR) is 80.2 cm³/mol. The van der Waals surface area contributed by atoms with Gasteiger partial charge >= 0.3 is 5.69 Å². The van der Waals surface area contributed by atoms with Crippen LogP contribution in [0.5, 0.6) is 0 Å². The Balaban J connectivity index is 1.88. The first-order valence-corrected chi connectivity index (χ1v) is 6.61. The fourth-order valence-corrected chi connectivity index (χ4v) is 2.28. The number of rotatable bonds is 3. The lowest BCUT2D eigenvalue weighted by atomic mass is 10.1. The fourth-order valence-electron chi connectivity index (χ4n) is 2.11. The van der Waals surface area contributed by atoms with Crippen molar-refractivity contribution in [2.24, 2.45) is 0 Å². The van der Waals surface area contributed by atoms with Gasteiger partial charge in [-0.15, -0.1) is 0 Å². The summed E-state index contributed by atoms with van der Waals surface area (Å²) in [6, 6.07) is 11.3. The lowest BCUT2D eigenvalue weighted by Gasteiger charge is -2.15. The van der Waals surface area contributed by atoms with Crippen molar-refractivity contribution in [2.75, 3.05) is 5.32 Å². The topological polar surface area (TPSA) is 73.6 Å². The second-order valence-corrected chi connectivity index (χ2v) is 4.98. The second kappa shape index (κ2) is 5.02. The van der Waals surface area contributed by atoms with E-state index in [2.05, 4.69) is 20.3 Å². The molecule has 3 rings (SSSR count). The van der Waals surface area contributed by atoms with E-state index in [0.29, 0.717) is 11.0 Å². The normalized spacial score (nSPS) is 12.5. The van der Waals surface area contributed by atoms with E-state index in [1.165, 1.54) is 0 Å². The Morgan fingerprint density at radius 3 is 2.80 bits per heavy atom. The van der Waals surface area contributed by atoms with Gasteiger partial charge in [-0.3, -0.25) is 0 Å². The fraction of sp³-hybridized carbons (Fsp3) is 0.143. The van der Waals surface area contributed by atoms with Crippen LogP contribution in [0.3, 0.4) is 0 Å². The molecule has 0 spiro atoms. The highest BCUT2D eigenvalue weighted by Crippen LogP contribution is 2.21. The van der Waals surface area contributed by atoms with Crippen LogP contribution in [0.25, 0.3) is 11.0 Å². The number of anilines is 1. The van der Waals surface area contributed by atoms with Gasteiger partial charge in [0.25, 0.3) is 0 Å². The minimum atomic E-state index is -0.200. The molecule has 0 fully saturated rings. The van der Waals surface area contributed by atoms with Crippen molar-refractivity contribution in [1.29, 1.82) is 0 Å². The van der Waals surface area contributed by atoms with Crippen LogP contribution in [-0.4, -0.2) is 15.0 Å². The molecule has 2 aromatic heterocycles. The summed E-state index contributed by atoms with van der Waals surface area (Å²) >= 11 is 5.86. The summed E-state index contributed by atoms with van der Waals surface area (Å²) in [4.78, 5) is 20.9. The Morgan fingerprint density at radius 2 is 2.00 bits per heavy atom. The molecule has 102 valence electrons. The Bertz CT molecular complexity index is 808. The van der Waals surface area contributed by atoms with Crippen LogP contribution < -0.4 is 11.0 Å². The minimum absolute atomic E-state index is 0.0452. The molecule has 3 N–H and O–H groups in total. The van der Waals surface area contributed by atoms with E-state index in [9.17, 15) is 4.79 Å². The number of aromatic amines is 2. The predicted octanol–water partition coefficient (Wildman–Crippen LogP) is 3.08. The number of aromatic nitrogens is 3. The van der Waals surface area contributed by atoms with Crippen LogP contribution >= 0.6 is 11.6 Å². The van der Waals surface area contributed by atoms with E-state index in [0.717, 1.165) is 16.6 Å². The molecule has 0 aliphatic heterocycles. The summed E-state index contributed by atoms with van der Waals surface area (Å²) in [7, 11) is 0. The Morgan fingerprint density at radius 1 is 1.20 bits per heavy atom. The molecule has 0 amide bonds. The van der Waals surface area contributed by atoms with Crippen molar-refractivity contribution in [2.45, 2.75) is 13.0 Å².